The first-order valence-electron chi connectivity index (χ1n) is 10.1. The van der Waals surface area contributed by atoms with E-state index in [2.05, 4.69) is 31.8 Å². The molecule has 3 rings (SSSR count). The van der Waals surface area contributed by atoms with Gasteiger partial charge < -0.3 is 10.1 Å². The van der Waals surface area contributed by atoms with Gasteiger partial charge in [-0.3, -0.25) is 9.59 Å². The number of hydrazone groups is 1. The Balaban J connectivity index is 1.51. The Kier molecular flexibility index (Phi) is 10.2. The molecule has 6 nitrogen and oxygen atoms in total. The van der Waals surface area contributed by atoms with Gasteiger partial charge in [0.1, 0.15) is 12.4 Å². The smallest absolute Gasteiger partial charge is 0.251 e. The van der Waals surface area contributed by atoms with Crippen LogP contribution in [0.15, 0.2) is 64.2 Å². The molecule has 2 N–H and O–H groups in total. The molecule has 182 valence electrons. The average Bonchev–Trinajstić information content (AvgIpc) is 2.81. The summed E-state index contributed by atoms with van der Waals surface area (Å²) >= 11 is 27.3. The minimum Gasteiger partial charge on any atom is -0.488 e. The van der Waals surface area contributed by atoms with Gasteiger partial charge in [-0.25, -0.2) is 5.43 Å². The van der Waals surface area contributed by atoms with Crippen molar-refractivity contribution in [3.8, 4) is 5.75 Å². The molecule has 0 aliphatic heterocycles. The summed E-state index contributed by atoms with van der Waals surface area (Å²) in [4.78, 5) is 24.2. The van der Waals surface area contributed by atoms with Gasteiger partial charge >= 0.3 is 0 Å². The van der Waals surface area contributed by atoms with Crippen molar-refractivity contribution < 1.29 is 14.3 Å². The van der Waals surface area contributed by atoms with E-state index in [4.69, 9.17) is 51.1 Å². The number of carbonyl (C=O) groups is 2. The predicted octanol–water partition coefficient (Wildman–Crippen LogP) is 6.91. The topological polar surface area (TPSA) is 79.8 Å². The third kappa shape index (κ3) is 8.40. The molecule has 0 aromatic heterocycles. The Bertz CT molecular complexity index is 1270. The molecule has 35 heavy (non-hydrogen) atoms. The maximum absolute atomic E-state index is 12.2. The van der Waals surface area contributed by atoms with Gasteiger partial charge in [0.25, 0.3) is 5.91 Å². The highest BCUT2D eigenvalue weighted by molar-refractivity contribution is 9.10. The maximum Gasteiger partial charge on any atom is 0.251 e. The van der Waals surface area contributed by atoms with Crippen LogP contribution in [0.3, 0.4) is 0 Å². The minimum absolute atomic E-state index is 0.0291. The molecule has 0 fully saturated rings. The van der Waals surface area contributed by atoms with Crippen LogP contribution in [0.2, 0.25) is 20.1 Å². The monoisotopic (exact) mass is 615 g/mol. The van der Waals surface area contributed by atoms with Crippen molar-refractivity contribution in [1.82, 2.24) is 10.7 Å². The van der Waals surface area contributed by atoms with Gasteiger partial charge in [-0.15, -0.1) is 0 Å². The van der Waals surface area contributed by atoms with Gasteiger partial charge in [-0.2, -0.15) is 5.10 Å². The molecular formula is C24H18BrCl4N3O3. The second kappa shape index (κ2) is 13.1. The lowest BCUT2D eigenvalue weighted by molar-refractivity contribution is -0.120. The van der Waals surface area contributed by atoms with Gasteiger partial charge in [0.2, 0.25) is 5.91 Å². The first-order chi connectivity index (χ1) is 16.7. The van der Waals surface area contributed by atoms with Crippen LogP contribution < -0.4 is 15.5 Å². The Hall–Kier alpha value is -2.29. The number of nitrogens with one attached hydrogen (secondary N) is 2. The van der Waals surface area contributed by atoms with Crippen LogP contribution in [0.5, 0.6) is 5.75 Å². The number of carbonyl (C=O) groups excluding carboxylic acids is 2. The SMILES string of the molecule is O=C(CCNC(=O)c1ccc(Cl)c(Cl)c1)NN=Cc1cc(Br)ccc1OCc1ccc(Cl)cc1Cl. The quantitative estimate of drug-likeness (QED) is 0.202. The normalized spacial score (nSPS) is 10.9. The summed E-state index contributed by atoms with van der Waals surface area (Å²) < 4.78 is 6.70. The fourth-order valence-electron chi connectivity index (χ4n) is 2.80. The molecule has 0 atom stereocenters. The van der Waals surface area contributed by atoms with E-state index < -0.39 is 0 Å². The van der Waals surface area contributed by atoms with E-state index >= 15 is 0 Å². The molecule has 0 spiro atoms. The lowest BCUT2D eigenvalue weighted by Crippen LogP contribution is -2.29. The van der Waals surface area contributed by atoms with Crippen LogP contribution >= 0.6 is 62.3 Å². The molecule has 0 unspecified atom stereocenters. The van der Waals surface area contributed by atoms with Gasteiger partial charge in [0, 0.05) is 44.2 Å². The molecule has 3 aromatic rings. The van der Waals surface area contributed by atoms with Gasteiger partial charge in [0.05, 0.1) is 16.3 Å². The van der Waals surface area contributed by atoms with Crippen LogP contribution in [-0.4, -0.2) is 24.6 Å². The largest absolute Gasteiger partial charge is 0.488 e. The number of hydrogen-bond acceptors (Lipinski definition) is 4. The summed E-state index contributed by atoms with van der Waals surface area (Å²) in [5.74, 6) is -0.191. The lowest BCUT2D eigenvalue weighted by Gasteiger charge is -2.11. The van der Waals surface area contributed by atoms with Crippen molar-refractivity contribution in [1.29, 1.82) is 0 Å². The highest BCUT2D eigenvalue weighted by Crippen LogP contribution is 2.26. The molecule has 0 bridgehead atoms. The molecule has 0 saturated heterocycles. The van der Waals surface area contributed by atoms with E-state index in [1.165, 1.54) is 18.3 Å². The summed E-state index contributed by atoms with van der Waals surface area (Å²) in [6.45, 7) is 0.344. The maximum atomic E-state index is 12.2. The zero-order valence-electron chi connectivity index (χ0n) is 18.0. The summed E-state index contributed by atoms with van der Waals surface area (Å²) in [5.41, 5.74) is 4.19. The van der Waals surface area contributed by atoms with Crippen molar-refractivity contribution in [2.24, 2.45) is 5.10 Å². The Morgan fingerprint density at radius 1 is 0.943 bits per heavy atom. The Morgan fingerprint density at radius 3 is 2.49 bits per heavy atom. The van der Waals surface area contributed by atoms with E-state index in [-0.39, 0.29) is 36.4 Å². The van der Waals surface area contributed by atoms with E-state index in [9.17, 15) is 9.59 Å². The zero-order chi connectivity index (χ0) is 25.4. The first kappa shape index (κ1) is 27.3. The minimum atomic E-state index is -0.374. The highest BCUT2D eigenvalue weighted by Gasteiger charge is 2.09. The molecule has 2 amide bonds. The van der Waals surface area contributed by atoms with Crippen LogP contribution in [0.4, 0.5) is 0 Å². The summed E-state index contributed by atoms with van der Waals surface area (Å²) in [5, 5.41) is 8.31. The molecule has 0 aliphatic rings. The molecule has 0 radical (unpaired) electrons. The van der Waals surface area contributed by atoms with Crippen molar-refractivity contribution >= 4 is 80.4 Å². The van der Waals surface area contributed by atoms with Crippen LogP contribution in [0.1, 0.15) is 27.9 Å². The van der Waals surface area contributed by atoms with E-state index in [0.717, 1.165) is 10.0 Å². The zero-order valence-corrected chi connectivity index (χ0v) is 22.6. The van der Waals surface area contributed by atoms with E-state index in [0.29, 0.717) is 31.9 Å². The Morgan fingerprint density at radius 2 is 1.74 bits per heavy atom. The van der Waals surface area contributed by atoms with Crippen LogP contribution in [0, 0.1) is 0 Å². The highest BCUT2D eigenvalue weighted by atomic mass is 79.9. The average molecular weight is 618 g/mol. The first-order valence-corrected chi connectivity index (χ1v) is 12.4. The molecular weight excluding hydrogens is 600 g/mol. The fraction of sp³-hybridized carbons (Fsp3) is 0.125. The summed E-state index contributed by atoms with van der Waals surface area (Å²) in [6.07, 6.45) is 1.50. The van der Waals surface area contributed by atoms with Crippen molar-refractivity contribution in [3.05, 3.63) is 95.9 Å². The van der Waals surface area contributed by atoms with Crippen LogP contribution in [0.25, 0.3) is 0 Å². The van der Waals surface area contributed by atoms with Crippen molar-refractivity contribution in [2.45, 2.75) is 13.0 Å². The number of hydrogen-bond donors (Lipinski definition) is 2. The molecule has 0 aliphatic carbocycles. The number of halogens is 5. The van der Waals surface area contributed by atoms with E-state index in [1.807, 2.05) is 6.07 Å². The number of benzene rings is 3. The number of nitrogens with zero attached hydrogens (tertiary/aromatic N) is 1. The molecule has 11 heteroatoms. The fourth-order valence-corrected chi connectivity index (χ4v) is 3.94. The second-order valence-electron chi connectivity index (χ2n) is 7.13. The second-order valence-corrected chi connectivity index (χ2v) is 9.71. The number of amides is 2. The van der Waals surface area contributed by atoms with Crippen molar-refractivity contribution in [3.63, 3.8) is 0 Å². The predicted molar refractivity (Wildman–Crippen MR) is 144 cm³/mol. The lowest BCUT2D eigenvalue weighted by atomic mass is 10.2. The molecule has 3 aromatic carbocycles. The van der Waals surface area contributed by atoms with Crippen LogP contribution in [-0.2, 0) is 11.4 Å². The van der Waals surface area contributed by atoms with Crippen molar-refractivity contribution in [2.75, 3.05) is 6.54 Å². The van der Waals surface area contributed by atoms with Gasteiger partial charge in [-0.1, -0.05) is 68.4 Å². The summed E-state index contributed by atoms with van der Waals surface area (Å²) in [7, 11) is 0. The summed E-state index contributed by atoms with van der Waals surface area (Å²) in [6, 6.07) is 15.1. The Labute approximate surface area is 230 Å². The van der Waals surface area contributed by atoms with E-state index in [1.54, 1.807) is 36.4 Å². The standard InChI is InChI=1S/C24H18BrCl4N3O3/c25-17-3-6-22(35-13-15-1-4-18(26)11-20(15)28)16(9-17)12-31-32-23(33)7-8-30-24(34)14-2-5-19(27)21(29)10-14/h1-6,9-12H,7-8,13H2,(H,30,34)(H,32,33). The van der Waals surface area contributed by atoms with Gasteiger partial charge in [0.15, 0.2) is 0 Å². The third-order valence-electron chi connectivity index (χ3n) is 4.58. The number of rotatable bonds is 9. The third-order valence-corrected chi connectivity index (χ3v) is 6.40. The molecule has 0 heterocycles. The molecule has 0 saturated carbocycles. The number of ether oxygens (including phenoxy) is 1. The van der Waals surface area contributed by atoms with Gasteiger partial charge in [-0.05, 0) is 48.5 Å².